The molecule has 0 radical (unpaired) electrons. The first-order chi connectivity index (χ1) is 16.5. The number of para-hydroxylation sites is 3. The molecule has 4 rings (SSSR count). The van der Waals surface area contributed by atoms with Crippen LogP contribution in [0.4, 0.5) is 16.4 Å². The van der Waals surface area contributed by atoms with Gasteiger partial charge in [0.2, 0.25) is 5.95 Å². The molecular weight excluding hydrogens is 434 g/mol. The fourth-order valence-electron chi connectivity index (χ4n) is 3.44. The summed E-state index contributed by atoms with van der Waals surface area (Å²) in [5.74, 6) is 1.27. The third kappa shape index (κ3) is 4.93. The first kappa shape index (κ1) is 22.7. The Labute approximate surface area is 196 Å². The smallest absolute Gasteiger partial charge is 0.338 e. The molecule has 0 aliphatic rings. The average Bonchev–Trinajstić information content (AvgIpc) is 2.83. The molecule has 0 spiro atoms. The highest BCUT2D eigenvalue weighted by atomic mass is 16.5. The number of carbonyl (C=O) groups excluding carboxylic acids is 1. The van der Waals surface area contributed by atoms with E-state index >= 15 is 0 Å². The van der Waals surface area contributed by atoms with E-state index in [9.17, 15) is 9.59 Å². The van der Waals surface area contributed by atoms with Crippen LogP contribution in [0.25, 0.3) is 16.6 Å². The van der Waals surface area contributed by atoms with Gasteiger partial charge < -0.3 is 14.8 Å². The van der Waals surface area contributed by atoms with Gasteiger partial charge in [0.25, 0.3) is 5.56 Å². The van der Waals surface area contributed by atoms with Crippen LogP contribution in [0.2, 0.25) is 0 Å². The van der Waals surface area contributed by atoms with Crippen molar-refractivity contribution in [1.82, 2.24) is 15.0 Å². The molecule has 0 saturated carbocycles. The fourth-order valence-corrected chi connectivity index (χ4v) is 3.44. The second-order valence-corrected chi connectivity index (χ2v) is 7.66. The van der Waals surface area contributed by atoms with Crippen molar-refractivity contribution in [1.29, 1.82) is 0 Å². The standard InChI is InChI=1S/C25H25N5O4/c1-16(2)34-18-10-8-9-17(15-18)30-23(31)19-11-4-5-12-20(19)26-24(30)28-29-25(32)27-21-13-6-7-14-22(21)33-3/h4-16H,1-3H3,(H,26,28)(H2,27,29,32). The van der Waals surface area contributed by atoms with Crippen LogP contribution < -0.4 is 31.2 Å². The van der Waals surface area contributed by atoms with Crippen LogP contribution in [0.3, 0.4) is 0 Å². The molecule has 0 saturated heterocycles. The number of ether oxygens (including phenoxy) is 2. The third-order valence-corrected chi connectivity index (χ3v) is 4.87. The average molecular weight is 460 g/mol. The molecule has 0 aliphatic heterocycles. The number of anilines is 2. The molecule has 0 bridgehead atoms. The van der Waals surface area contributed by atoms with Crippen LogP contribution in [0.1, 0.15) is 13.8 Å². The van der Waals surface area contributed by atoms with Crippen LogP contribution in [-0.2, 0) is 0 Å². The van der Waals surface area contributed by atoms with Gasteiger partial charge in [0.05, 0.1) is 35.5 Å². The molecule has 9 heteroatoms. The van der Waals surface area contributed by atoms with Gasteiger partial charge in [-0.1, -0.05) is 30.3 Å². The molecule has 3 N–H and O–H groups in total. The van der Waals surface area contributed by atoms with Crippen molar-refractivity contribution in [2.24, 2.45) is 0 Å². The van der Waals surface area contributed by atoms with Gasteiger partial charge in [0.15, 0.2) is 0 Å². The number of methoxy groups -OCH3 is 1. The summed E-state index contributed by atoms with van der Waals surface area (Å²) < 4.78 is 12.4. The molecular formula is C25H25N5O4. The number of urea groups is 1. The summed E-state index contributed by atoms with van der Waals surface area (Å²) in [6.07, 6.45) is -0.0281. The largest absolute Gasteiger partial charge is 0.495 e. The van der Waals surface area contributed by atoms with Crippen molar-refractivity contribution in [3.63, 3.8) is 0 Å². The summed E-state index contributed by atoms with van der Waals surface area (Å²) in [5.41, 5.74) is 6.54. The summed E-state index contributed by atoms with van der Waals surface area (Å²) in [4.78, 5) is 30.5. The van der Waals surface area contributed by atoms with Crippen LogP contribution in [0.15, 0.2) is 77.6 Å². The Morgan fingerprint density at radius 1 is 1.00 bits per heavy atom. The monoisotopic (exact) mass is 459 g/mol. The topological polar surface area (TPSA) is 107 Å². The highest BCUT2D eigenvalue weighted by Gasteiger charge is 2.15. The van der Waals surface area contributed by atoms with Gasteiger partial charge >= 0.3 is 6.03 Å². The zero-order valence-corrected chi connectivity index (χ0v) is 19.0. The minimum absolute atomic E-state index is 0.0281. The lowest BCUT2D eigenvalue weighted by Crippen LogP contribution is -2.36. The number of amides is 2. The third-order valence-electron chi connectivity index (χ3n) is 4.87. The van der Waals surface area contributed by atoms with E-state index in [1.165, 1.54) is 11.7 Å². The van der Waals surface area contributed by atoms with Crippen LogP contribution in [0.5, 0.6) is 11.5 Å². The zero-order chi connectivity index (χ0) is 24.1. The van der Waals surface area contributed by atoms with Crippen molar-refractivity contribution >= 4 is 28.6 Å². The fraction of sp³-hybridized carbons (Fsp3) is 0.160. The van der Waals surface area contributed by atoms with Crippen molar-refractivity contribution in [2.45, 2.75) is 20.0 Å². The van der Waals surface area contributed by atoms with Gasteiger partial charge in [0.1, 0.15) is 11.5 Å². The highest BCUT2D eigenvalue weighted by Crippen LogP contribution is 2.23. The van der Waals surface area contributed by atoms with Gasteiger partial charge in [-0.2, -0.15) is 0 Å². The van der Waals surface area contributed by atoms with Gasteiger partial charge in [-0.15, -0.1) is 0 Å². The molecule has 3 aromatic carbocycles. The summed E-state index contributed by atoms with van der Waals surface area (Å²) in [6.45, 7) is 3.85. The zero-order valence-electron chi connectivity index (χ0n) is 19.0. The lowest BCUT2D eigenvalue weighted by molar-refractivity contribution is 0.242. The van der Waals surface area contributed by atoms with Crippen molar-refractivity contribution in [3.8, 4) is 17.2 Å². The maximum Gasteiger partial charge on any atom is 0.338 e. The number of carbonyl (C=O) groups is 1. The molecule has 0 aliphatic carbocycles. The quantitative estimate of drug-likeness (QED) is 0.355. The van der Waals surface area contributed by atoms with E-state index in [-0.39, 0.29) is 17.6 Å². The van der Waals surface area contributed by atoms with Gasteiger partial charge in [-0.25, -0.2) is 19.8 Å². The van der Waals surface area contributed by atoms with Crippen molar-refractivity contribution in [2.75, 3.05) is 17.9 Å². The predicted octanol–water partition coefficient (Wildman–Crippen LogP) is 4.33. The number of hydrazine groups is 1. The number of benzene rings is 3. The van der Waals surface area contributed by atoms with Gasteiger partial charge in [-0.05, 0) is 50.2 Å². The molecule has 2 amide bonds. The maximum absolute atomic E-state index is 13.4. The van der Waals surface area contributed by atoms with Gasteiger partial charge in [0, 0.05) is 6.07 Å². The van der Waals surface area contributed by atoms with E-state index in [1.807, 2.05) is 19.9 Å². The predicted molar refractivity (Wildman–Crippen MR) is 132 cm³/mol. The second kappa shape index (κ2) is 9.95. The van der Waals surface area contributed by atoms with E-state index in [2.05, 4.69) is 21.2 Å². The molecule has 1 aromatic heterocycles. The molecule has 174 valence electrons. The Kier molecular flexibility index (Phi) is 6.63. The molecule has 0 atom stereocenters. The number of hydrogen-bond donors (Lipinski definition) is 3. The molecule has 4 aromatic rings. The Morgan fingerprint density at radius 2 is 1.76 bits per heavy atom. The Morgan fingerprint density at radius 3 is 2.56 bits per heavy atom. The Bertz CT molecular complexity index is 1380. The molecule has 0 fully saturated rings. The van der Waals surface area contributed by atoms with Crippen LogP contribution in [-0.4, -0.2) is 28.8 Å². The normalized spacial score (nSPS) is 10.7. The first-order valence-electron chi connectivity index (χ1n) is 10.7. The number of nitrogens with one attached hydrogen (secondary N) is 3. The van der Waals surface area contributed by atoms with E-state index in [0.29, 0.717) is 33.8 Å². The minimum Gasteiger partial charge on any atom is -0.495 e. The lowest BCUT2D eigenvalue weighted by Gasteiger charge is -2.17. The maximum atomic E-state index is 13.4. The van der Waals surface area contributed by atoms with Crippen LogP contribution in [0, 0.1) is 0 Å². The number of rotatable bonds is 7. The number of fused-ring (bicyclic) bond motifs is 1. The SMILES string of the molecule is COc1ccccc1NC(=O)NNc1nc2ccccc2c(=O)n1-c1cccc(OC(C)C)c1. The van der Waals surface area contributed by atoms with Crippen molar-refractivity contribution in [3.05, 3.63) is 83.2 Å². The first-order valence-corrected chi connectivity index (χ1v) is 10.7. The Balaban J connectivity index is 1.68. The van der Waals surface area contributed by atoms with Crippen LogP contribution >= 0.6 is 0 Å². The summed E-state index contributed by atoms with van der Waals surface area (Å²) in [5, 5.41) is 3.15. The highest BCUT2D eigenvalue weighted by molar-refractivity contribution is 5.91. The van der Waals surface area contributed by atoms with Gasteiger partial charge in [-0.3, -0.25) is 10.2 Å². The number of hydrogen-bond acceptors (Lipinski definition) is 6. The lowest BCUT2D eigenvalue weighted by atomic mass is 10.2. The van der Waals surface area contributed by atoms with E-state index < -0.39 is 6.03 Å². The summed E-state index contributed by atoms with van der Waals surface area (Å²) >= 11 is 0. The minimum atomic E-state index is -0.560. The van der Waals surface area contributed by atoms with E-state index in [4.69, 9.17) is 9.47 Å². The summed E-state index contributed by atoms with van der Waals surface area (Å²) in [7, 11) is 1.52. The number of nitrogens with zero attached hydrogens (tertiary/aromatic N) is 2. The molecule has 34 heavy (non-hydrogen) atoms. The Hall–Kier alpha value is -4.53. The number of aromatic nitrogens is 2. The van der Waals surface area contributed by atoms with E-state index in [1.54, 1.807) is 66.7 Å². The van der Waals surface area contributed by atoms with E-state index in [0.717, 1.165) is 0 Å². The molecule has 1 heterocycles. The van der Waals surface area contributed by atoms with Crippen molar-refractivity contribution < 1.29 is 14.3 Å². The second-order valence-electron chi connectivity index (χ2n) is 7.66. The molecule has 9 nitrogen and oxygen atoms in total. The molecule has 0 unspecified atom stereocenters. The summed E-state index contributed by atoms with van der Waals surface area (Å²) in [6, 6.07) is 20.6.